The summed E-state index contributed by atoms with van der Waals surface area (Å²) < 4.78 is 0. The molecule has 0 aliphatic carbocycles. The second-order valence-electron chi connectivity index (χ2n) is 10.2. The van der Waals surface area contributed by atoms with E-state index < -0.39 is 0 Å². The van der Waals surface area contributed by atoms with Crippen molar-refractivity contribution in [2.24, 2.45) is 0 Å². The van der Waals surface area contributed by atoms with Crippen molar-refractivity contribution in [3.8, 4) is 0 Å². The van der Waals surface area contributed by atoms with Crippen molar-refractivity contribution >= 4 is 24.3 Å². The zero-order valence-electron chi connectivity index (χ0n) is 23.6. The summed E-state index contributed by atoms with van der Waals surface area (Å²) in [5.41, 5.74) is 7.80. The summed E-state index contributed by atoms with van der Waals surface area (Å²) in [6.45, 7) is 4.52. The molecule has 3 aromatic rings. The SMILES string of the molecule is CCCCCCc1ccc(C=CC=Cc2ccc(C=CC=Cc3ccc(CCCCCC)cc3)cc2)cc1. The average Bonchev–Trinajstić information content (AvgIpc) is 2.96. The summed E-state index contributed by atoms with van der Waals surface area (Å²) in [6.07, 6.45) is 30.0. The molecule has 0 heterocycles. The first-order valence-corrected chi connectivity index (χ1v) is 14.7. The van der Waals surface area contributed by atoms with Gasteiger partial charge in [-0.25, -0.2) is 0 Å². The fraction of sp³-hybridized carbons (Fsp3) is 0.316. The minimum Gasteiger partial charge on any atom is -0.0654 e. The van der Waals surface area contributed by atoms with Crippen molar-refractivity contribution in [1.82, 2.24) is 0 Å². The van der Waals surface area contributed by atoms with Gasteiger partial charge in [-0.15, -0.1) is 0 Å². The summed E-state index contributed by atoms with van der Waals surface area (Å²) in [5, 5.41) is 0. The largest absolute Gasteiger partial charge is 0.0654 e. The van der Waals surface area contributed by atoms with Crippen molar-refractivity contribution in [3.63, 3.8) is 0 Å². The lowest BCUT2D eigenvalue weighted by molar-refractivity contribution is 0.667. The predicted molar refractivity (Wildman–Crippen MR) is 171 cm³/mol. The molecule has 0 aliphatic heterocycles. The van der Waals surface area contributed by atoms with E-state index in [1.807, 2.05) is 0 Å². The quantitative estimate of drug-likeness (QED) is 0.135. The molecule has 0 heteroatoms. The zero-order chi connectivity index (χ0) is 26.7. The van der Waals surface area contributed by atoms with E-state index in [0.717, 1.165) is 0 Å². The smallest absolute Gasteiger partial charge is 0.0256 e. The molecular formula is C38H46. The van der Waals surface area contributed by atoms with Crippen LogP contribution in [-0.4, -0.2) is 0 Å². The number of allylic oxidation sites excluding steroid dienone is 4. The lowest BCUT2D eigenvalue weighted by Crippen LogP contribution is -1.85. The molecule has 0 aliphatic rings. The Bertz CT molecular complexity index is 1040. The van der Waals surface area contributed by atoms with Crippen LogP contribution in [0, 0.1) is 0 Å². The van der Waals surface area contributed by atoms with Gasteiger partial charge in [0.25, 0.3) is 0 Å². The third-order valence-electron chi connectivity index (χ3n) is 6.91. The van der Waals surface area contributed by atoms with E-state index in [0.29, 0.717) is 0 Å². The highest BCUT2D eigenvalue weighted by Crippen LogP contribution is 2.13. The number of aryl methyl sites for hydroxylation is 2. The van der Waals surface area contributed by atoms with Crippen molar-refractivity contribution in [1.29, 1.82) is 0 Å². The van der Waals surface area contributed by atoms with E-state index in [-0.39, 0.29) is 0 Å². The Labute approximate surface area is 232 Å². The van der Waals surface area contributed by atoms with Crippen LogP contribution >= 0.6 is 0 Å². The van der Waals surface area contributed by atoms with E-state index in [9.17, 15) is 0 Å². The van der Waals surface area contributed by atoms with Gasteiger partial charge < -0.3 is 0 Å². The summed E-state index contributed by atoms with van der Waals surface area (Å²) in [7, 11) is 0. The van der Waals surface area contributed by atoms with Crippen LogP contribution in [-0.2, 0) is 12.8 Å². The van der Waals surface area contributed by atoms with Crippen LogP contribution < -0.4 is 0 Å². The van der Waals surface area contributed by atoms with Gasteiger partial charge in [-0.05, 0) is 59.1 Å². The van der Waals surface area contributed by atoms with Gasteiger partial charge in [0.1, 0.15) is 0 Å². The van der Waals surface area contributed by atoms with Crippen molar-refractivity contribution < 1.29 is 0 Å². The molecule has 0 spiro atoms. The maximum Gasteiger partial charge on any atom is -0.0256 e. The van der Waals surface area contributed by atoms with Crippen molar-refractivity contribution in [2.75, 3.05) is 0 Å². The molecule has 198 valence electrons. The molecule has 0 N–H and O–H groups in total. The topological polar surface area (TPSA) is 0 Å². The van der Waals surface area contributed by atoms with Crippen LogP contribution in [0.2, 0.25) is 0 Å². The number of hydrogen-bond acceptors (Lipinski definition) is 0. The van der Waals surface area contributed by atoms with E-state index in [4.69, 9.17) is 0 Å². The first-order valence-electron chi connectivity index (χ1n) is 14.7. The van der Waals surface area contributed by atoms with E-state index in [2.05, 4.69) is 135 Å². The van der Waals surface area contributed by atoms with Crippen molar-refractivity contribution in [2.45, 2.75) is 78.1 Å². The minimum absolute atomic E-state index is 1.19. The van der Waals surface area contributed by atoms with E-state index >= 15 is 0 Å². The third-order valence-corrected chi connectivity index (χ3v) is 6.91. The molecule has 0 saturated heterocycles. The monoisotopic (exact) mass is 502 g/mol. The second-order valence-corrected chi connectivity index (χ2v) is 10.2. The van der Waals surface area contributed by atoms with Gasteiger partial charge in [0.05, 0.1) is 0 Å². The van der Waals surface area contributed by atoms with Gasteiger partial charge in [0.15, 0.2) is 0 Å². The zero-order valence-corrected chi connectivity index (χ0v) is 23.6. The number of rotatable bonds is 16. The minimum atomic E-state index is 1.19. The molecule has 0 amide bonds. The Morgan fingerprint density at radius 3 is 0.947 bits per heavy atom. The third kappa shape index (κ3) is 11.8. The molecule has 0 radical (unpaired) electrons. The van der Waals surface area contributed by atoms with Crippen LogP contribution in [0.4, 0.5) is 0 Å². The highest BCUT2D eigenvalue weighted by Gasteiger charge is 1.95. The average molecular weight is 503 g/mol. The number of benzene rings is 3. The first-order chi connectivity index (χ1) is 18.8. The number of hydrogen-bond donors (Lipinski definition) is 0. The van der Waals surface area contributed by atoms with Gasteiger partial charge in [-0.2, -0.15) is 0 Å². The highest BCUT2D eigenvalue weighted by atomic mass is 14.0. The Hall–Kier alpha value is -3.38. The Kier molecular flexibility index (Phi) is 13.8. The molecule has 0 aromatic heterocycles. The van der Waals surface area contributed by atoms with Crippen molar-refractivity contribution in [3.05, 3.63) is 130 Å². The van der Waals surface area contributed by atoms with Crippen LogP contribution in [0.1, 0.15) is 98.6 Å². The standard InChI is InChI=1S/C38H46/c1-3-5-7-9-15-33-21-25-35(26-22-33)17-11-13-19-37-29-31-38(32-30-37)20-14-12-18-36-27-23-34(24-28-36)16-10-8-6-4-2/h11-14,17-32H,3-10,15-16H2,1-2H3. The molecule has 0 bridgehead atoms. The van der Waals surface area contributed by atoms with Crippen LogP contribution in [0.25, 0.3) is 24.3 Å². The lowest BCUT2D eigenvalue weighted by atomic mass is 10.0. The normalized spacial score (nSPS) is 12.1. The lowest BCUT2D eigenvalue weighted by Gasteiger charge is -2.01. The molecule has 0 fully saturated rings. The van der Waals surface area contributed by atoms with Crippen LogP contribution in [0.5, 0.6) is 0 Å². The Morgan fingerprint density at radius 2 is 0.658 bits per heavy atom. The maximum atomic E-state index is 2.27. The molecule has 0 saturated carbocycles. The number of unbranched alkanes of at least 4 members (excludes halogenated alkanes) is 6. The fourth-order valence-electron chi connectivity index (χ4n) is 4.49. The summed E-state index contributed by atoms with van der Waals surface area (Å²) in [6, 6.07) is 26.6. The Morgan fingerprint density at radius 1 is 0.368 bits per heavy atom. The molecular weight excluding hydrogens is 456 g/mol. The van der Waals surface area contributed by atoms with Gasteiger partial charge in [0.2, 0.25) is 0 Å². The molecule has 38 heavy (non-hydrogen) atoms. The highest BCUT2D eigenvalue weighted by molar-refractivity contribution is 5.61. The predicted octanol–water partition coefficient (Wildman–Crippen LogP) is 11.4. The van der Waals surface area contributed by atoms with Crippen LogP contribution in [0.3, 0.4) is 0 Å². The molecule has 3 aromatic carbocycles. The fourth-order valence-corrected chi connectivity index (χ4v) is 4.49. The summed E-state index contributed by atoms with van der Waals surface area (Å²) in [4.78, 5) is 0. The van der Waals surface area contributed by atoms with Crippen LogP contribution in [0.15, 0.2) is 97.1 Å². The van der Waals surface area contributed by atoms with E-state index in [1.54, 1.807) is 0 Å². The van der Waals surface area contributed by atoms with Gasteiger partial charge >= 0.3 is 0 Å². The molecule has 0 unspecified atom stereocenters. The molecule has 0 nitrogen and oxygen atoms in total. The van der Waals surface area contributed by atoms with Gasteiger partial charge in [0, 0.05) is 0 Å². The summed E-state index contributed by atoms with van der Waals surface area (Å²) in [5.74, 6) is 0. The Balaban J connectivity index is 1.40. The maximum absolute atomic E-state index is 2.27. The molecule has 3 rings (SSSR count). The molecule has 0 atom stereocenters. The van der Waals surface area contributed by atoms with E-state index in [1.165, 1.54) is 97.6 Å². The second kappa shape index (κ2) is 18.0. The van der Waals surface area contributed by atoms with Gasteiger partial charge in [-0.1, -0.05) is 174 Å². The van der Waals surface area contributed by atoms with Gasteiger partial charge in [-0.3, -0.25) is 0 Å². The first kappa shape index (κ1) is 29.2. The summed E-state index contributed by atoms with van der Waals surface area (Å²) >= 11 is 0.